The SMILES string of the molecule is CC1(C)C2=C(CC(I)C(N(c3ccc4c(c3)C(C)(C)c3ccccc3-4)c3ccc4c(-c5cccc(-c6ccccc6)c5)c5cc(N(c6ccc7c(c6)C(C)(C)c6ccccc6-7)c6ccc7c(c6)C(C)(C)c6ccccc6-7)ccc5c(-c5cccc(-c6ccccc6)c5)c4c3)=C2)c2ccccc21. The summed E-state index contributed by atoms with van der Waals surface area (Å²) in [7, 11) is 0. The molecule has 5 aliphatic rings. The van der Waals surface area contributed by atoms with Crippen molar-refractivity contribution in [2.45, 2.75) is 87.4 Å². The van der Waals surface area contributed by atoms with E-state index < -0.39 is 0 Å². The zero-order chi connectivity index (χ0) is 68.4. The molecule has 14 aromatic carbocycles. The third-order valence-corrected chi connectivity index (χ3v) is 24.8. The van der Waals surface area contributed by atoms with Gasteiger partial charge in [-0.05, 0) is 240 Å². The van der Waals surface area contributed by atoms with Crippen LogP contribution in [0.25, 0.3) is 105 Å². The van der Waals surface area contributed by atoms with Crippen LogP contribution < -0.4 is 9.80 Å². The fourth-order valence-corrected chi connectivity index (χ4v) is 19.5. The Bertz CT molecular complexity index is 5790. The average molecular weight is 1410 g/mol. The first-order chi connectivity index (χ1) is 49.0. The van der Waals surface area contributed by atoms with Gasteiger partial charge in [0.15, 0.2) is 0 Å². The van der Waals surface area contributed by atoms with Crippen molar-refractivity contribution in [3.63, 3.8) is 0 Å². The molecular weight excluding hydrogens is 1330 g/mol. The molecule has 0 saturated heterocycles. The molecule has 0 heterocycles. The van der Waals surface area contributed by atoms with Crippen LogP contribution in [-0.4, -0.2) is 3.92 Å². The molecule has 19 rings (SSSR count). The van der Waals surface area contributed by atoms with Gasteiger partial charge in [-0.3, -0.25) is 0 Å². The molecule has 0 bridgehead atoms. The van der Waals surface area contributed by atoms with Crippen molar-refractivity contribution in [3.8, 4) is 77.9 Å². The lowest BCUT2D eigenvalue weighted by Crippen LogP contribution is -2.27. The maximum atomic E-state index is 2.78. The summed E-state index contributed by atoms with van der Waals surface area (Å²) in [6.45, 7) is 19.3. The minimum Gasteiger partial charge on any atom is -0.313 e. The van der Waals surface area contributed by atoms with E-state index in [1.165, 1.54) is 166 Å². The van der Waals surface area contributed by atoms with Crippen LogP contribution in [0.1, 0.15) is 106 Å². The van der Waals surface area contributed by atoms with Crippen molar-refractivity contribution >= 4 is 78.1 Å². The van der Waals surface area contributed by atoms with Gasteiger partial charge in [-0.25, -0.2) is 0 Å². The number of allylic oxidation sites excluding steroid dienone is 4. The Morgan fingerprint density at radius 2 is 0.594 bits per heavy atom. The third-order valence-electron chi connectivity index (χ3n) is 23.8. The van der Waals surface area contributed by atoms with Crippen LogP contribution in [0.4, 0.5) is 28.4 Å². The van der Waals surface area contributed by atoms with Gasteiger partial charge < -0.3 is 9.80 Å². The molecule has 101 heavy (non-hydrogen) atoms. The van der Waals surface area contributed by atoms with Gasteiger partial charge >= 0.3 is 0 Å². The number of hydrogen-bond donors (Lipinski definition) is 0. The molecule has 0 N–H and O–H groups in total. The Hall–Kier alpha value is -10.6. The van der Waals surface area contributed by atoms with Crippen LogP contribution in [0.5, 0.6) is 0 Å². The van der Waals surface area contributed by atoms with Gasteiger partial charge in [0.2, 0.25) is 0 Å². The van der Waals surface area contributed by atoms with E-state index in [1.54, 1.807) is 0 Å². The van der Waals surface area contributed by atoms with Crippen molar-refractivity contribution in [2.75, 3.05) is 9.80 Å². The number of anilines is 5. The maximum Gasteiger partial charge on any atom is 0.0556 e. The summed E-state index contributed by atoms with van der Waals surface area (Å²) in [5.74, 6) is 0. The summed E-state index contributed by atoms with van der Waals surface area (Å²) in [5, 5.41) is 4.76. The van der Waals surface area contributed by atoms with Gasteiger partial charge in [-0.2, -0.15) is 0 Å². The molecule has 0 aromatic heterocycles. The maximum absolute atomic E-state index is 2.78. The van der Waals surface area contributed by atoms with E-state index in [-0.39, 0.29) is 25.6 Å². The smallest absolute Gasteiger partial charge is 0.0556 e. The largest absolute Gasteiger partial charge is 0.313 e. The highest BCUT2D eigenvalue weighted by molar-refractivity contribution is 14.1. The molecule has 2 nitrogen and oxygen atoms in total. The monoisotopic (exact) mass is 1410 g/mol. The Morgan fingerprint density at radius 3 is 1.03 bits per heavy atom. The first kappa shape index (κ1) is 61.5. The summed E-state index contributed by atoms with van der Waals surface area (Å²) < 4.78 is 0.165. The average Bonchev–Trinajstić information content (AvgIpc) is 1.72. The predicted molar refractivity (Wildman–Crippen MR) is 436 cm³/mol. The second-order valence-electron chi connectivity index (χ2n) is 30.8. The van der Waals surface area contributed by atoms with Crippen LogP contribution in [0, 0.1) is 0 Å². The van der Waals surface area contributed by atoms with E-state index in [0.717, 1.165) is 29.2 Å². The lowest BCUT2D eigenvalue weighted by Gasteiger charge is -2.36. The molecule has 5 aliphatic carbocycles. The van der Waals surface area contributed by atoms with Crippen LogP contribution in [0.2, 0.25) is 0 Å². The molecule has 0 aliphatic heterocycles. The molecule has 3 heteroatoms. The Morgan fingerprint density at radius 1 is 0.267 bits per heavy atom. The van der Waals surface area contributed by atoms with E-state index in [9.17, 15) is 0 Å². The minimum absolute atomic E-state index is 0.165. The van der Waals surface area contributed by atoms with E-state index >= 15 is 0 Å². The number of fused-ring (bicyclic) bond motifs is 13. The number of nitrogens with zero attached hydrogens (tertiary/aromatic N) is 2. The summed E-state index contributed by atoms with van der Waals surface area (Å²) in [4.78, 5) is 5.21. The summed E-state index contributed by atoms with van der Waals surface area (Å²) >= 11 is 2.78. The molecule has 0 amide bonds. The van der Waals surface area contributed by atoms with E-state index in [2.05, 4.69) is 391 Å². The fraction of sp³-hybridized carbons (Fsp3) is 0.143. The van der Waals surface area contributed by atoms with Crippen LogP contribution in [0.15, 0.2) is 315 Å². The number of rotatable bonds is 10. The van der Waals surface area contributed by atoms with Crippen molar-refractivity contribution in [3.05, 3.63) is 359 Å². The zero-order valence-corrected chi connectivity index (χ0v) is 60.6. The molecular formula is C98H77IN2. The van der Waals surface area contributed by atoms with Crippen molar-refractivity contribution < 1.29 is 0 Å². The molecule has 1 unspecified atom stereocenters. The Labute approximate surface area is 607 Å². The van der Waals surface area contributed by atoms with Gasteiger partial charge in [-0.15, -0.1) is 0 Å². The van der Waals surface area contributed by atoms with Crippen molar-refractivity contribution in [2.24, 2.45) is 0 Å². The molecule has 0 fully saturated rings. The number of hydrogen-bond acceptors (Lipinski definition) is 2. The first-order valence-electron chi connectivity index (χ1n) is 35.9. The first-order valence-corrected chi connectivity index (χ1v) is 37.1. The lowest BCUT2D eigenvalue weighted by molar-refractivity contribution is 0.649. The lowest BCUT2D eigenvalue weighted by atomic mass is 9.79. The van der Waals surface area contributed by atoms with Gasteiger partial charge in [-0.1, -0.05) is 302 Å². The van der Waals surface area contributed by atoms with Crippen LogP contribution in [0.3, 0.4) is 0 Å². The van der Waals surface area contributed by atoms with Gasteiger partial charge in [0.25, 0.3) is 0 Å². The molecule has 0 spiro atoms. The standard InChI is InChI=1S/C98H77IN2/c1-95(2)83-37-19-15-33-71(83)75-46-41-68(55-87(75)95)100(69-42-47-76-72-34-16-20-38-84(72)96(3,4)88(76)56-69)66-44-49-78-81(53-66)93(64-31-23-29-62(51-64)60-25-11-9-12-26-60)79-50-45-67(54-82(79)94(78)65-32-24-30-63(52-65)61-27-13-10-14-28-61)101(70-43-48-77-73-35-17-21-39-85(73)97(5,6)89(77)57-70)92-59-90-80(58-91(92)99)74-36-18-22-40-86(74)98(90,7)8/h9-57,59,91H,58H2,1-8H3. The molecule has 1 atom stereocenters. The van der Waals surface area contributed by atoms with Gasteiger partial charge in [0.1, 0.15) is 0 Å². The molecule has 0 radical (unpaired) electrons. The topological polar surface area (TPSA) is 6.48 Å². The van der Waals surface area contributed by atoms with Gasteiger partial charge in [0.05, 0.1) is 3.92 Å². The second kappa shape index (κ2) is 22.7. The summed E-state index contributed by atoms with van der Waals surface area (Å²) in [5.41, 5.74) is 37.4. The Kier molecular flexibility index (Phi) is 13.8. The molecule has 486 valence electrons. The molecule has 14 aromatic rings. The summed E-state index contributed by atoms with van der Waals surface area (Å²) in [6.07, 6.45) is 3.53. The van der Waals surface area contributed by atoms with E-state index in [1.807, 2.05) is 0 Å². The highest BCUT2D eigenvalue weighted by atomic mass is 127. The van der Waals surface area contributed by atoms with E-state index in [4.69, 9.17) is 0 Å². The predicted octanol–water partition coefficient (Wildman–Crippen LogP) is 27.0. The second-order valence-corrected chi connectivity index (χ2v) is 32.3. The minimum atomic E-state index is -0.209. The van der Waals surface area contributed by atoms with Crippen molar-refractivity contribution in [1.82, 2.24) is 0 Å². The van der Waals surface area contributed by atoms with E-state index in [0.29, 0.717) is 0 Å². The number of benzene rings is 14. The highest BCUT2D eigenvalue weighted by Crippen LogP contribution is 2.58. The molecule has 0 saturated carbocycles. The highest BCUT2D eigenvalue weighted by Gasteiger charge is 2.43. The normalized spacial score (nSPS) is 16.4. The fourth-order valence-electron chi connectivity index (χ4n) is 18.6. The number of alkyl halides is 1. The Balaban J connectivity index is 0.899. The quantitative estimate of drug-likeness (QED) is 0.0765. The van der Waals surface area contributed by atoms with Crippen molar-refractivity contribution in [1.29, 1.82) is 0 Å². The zero-order valence-electron chi connectivity index (χ0n) is 58.4. The third kappa shape index (κ3) is 9.34. The van der Waals surface area contributed by atoms with Gasteiger partial charge in [0, 0.05) is 55.8 Å². The number of halogens is 1. The van der Waals surface area contributed by atoms with Crippen LogP contribution >= 0.6 is 22.6 Å². The van der Waals surface area contributed by atoms with Crippen LogP contribution in [-0.2, 0) is 21.7 Å². The summed E-state index contributed by atoms with van der Waals surface area (Å²) in [6, 6.07) is 114.